The predicted molar refractivity (Wildman–Crippen MR) is 59.3 cm³/mol. The summed E-state index contributed by atoms with van der Waals surface area (Å²) in [6, 6.07) is 7.30. The number of nitrogens with zero attached hydrogens (tertiary/aromatic N) is 1. The highest BCUT2D eigenvalue weighted by atomic mass is 16.1. The van der Waals surface area contributed by atoms with Gasteiger partial charge in [0.05, 0.1) is 0 Å². The molecule has 0 saturated carbocycles. The van der Waals surface area contributed by atoms with Crippen LogP contribution in [0.1, 0.15) is 17.3 Å². The summed E-state index contributed by atoms with van der Waals surface area (Å²) in [7, 11) is 0. The Labute approximate surface area is 84.2 Å². The molecule has 0 aliphatic carbocycles. The standard InChI is InChI=1S/C12H13NO/c1-4-13(5-2)12-8-6-11(7-9-12)10(3)14/h4-9H,1-2H2,3H3. The van der Waals surface area contributed by atoms with E-state index in [1.165, 1.54) is 0 Å². The van der Waals surface area contributed by atoms with E-state index in [0.717, 1.165) is 5.69 Å². The van der Waals surface area contributed by atoms with Gasteiger partial charge in [0, 0.05) is 23.7 Å². The summed E-state index contributed by atoms with van der Waals surface area (Å²) in [5.74, 6) is 0.0697. The van der Waals surface area contributed by atoms with E-state index in [0.29, 0.717) is 5.56 Å². The van der Waals surface area contributed by atoms with E-state index in [9.17, 15) is 4.79 Å². The van der Waals surface area contributed by atoms with Crippen LogP contribution in [0, 0.1) is 0 Å². The van der Waals surface area contributed by atoms with Gasteiger partial charge in [-0.05, 0) is 31.2 Å². The first-order valence-corrected chi connectivity index (χ1v) is 4.33. The van der Waals surface area contributed by atoms with Crippen molar-refractivity contribution in [1.29, 1.82) is 0 Å². The van der Waals surface area contributed by atoms with Gasteiger partial charge in [-0.15, -0.1) is 0 Å². The Morgan fingerprint density at radius 3 is 2.07 bits per heavy atom. The van der Waals surface area contributed by atoms with Gasteiger partial charge >= 0.3 is 0 Å². The van der Waals surface area contributed by atoms with Gasteiger partial charge in [-0.2, -0.15) is 0 Å². The van der Waals surface area contributed by atoms with Crippen LogP contribution in [0.5, 0.6) is 0 Å². The molecule has 0 spiro atoms. The number of hydrogen-bond acceptors (Lipinski definition) is 2. The maximum Gasteiger partial charge on any atom is 0.159 e. The summed E-state index contributed by atoms with van der Waals surface area (Å²) in [4.78, 5) is 12.8. The van der Waals surface area contributed by atoms with Crippen molar-refractivity contribution in [2.24, 2.45) is 0 Å². The highest BCUT2D eigenvalue weighted by Gasteiger charge is 2.00. The smallest absolute Gasteiger partial charge is 0.159 e. The first-order valence-electron chi connectivity index (χ1n) is 4.33. The fourth-order valence-corrected chi connectivity index (χ4v) is 1.15. The zero-order valence-electron chi connectivity index (χ0n) is 8.23. The van der Waals surface area contributed by atoms with Crippen molar-refractivity contribution in [3.05, 3.63) is 55.4 Å². The number of carbonyl (C=O) groups excluding carboxylic acids is 1. The van der Waals surface area contributed by atoms with Gasteiger partial charge < -0.3 is 4.90 Å². The van der Waals surface area contributed by atoms with Crippen molar-refractivity contribution in [3.8, 4) is 0 Å². The minimum atomic E-state index is 0.0697. The zero-order chi connectivity index (χ0) is 10.6. The molecule has 0 aliphatic rings. The first-order chi connectivity index (χ1) is 6.69. The minimum absolute atomic E-state index is 0.0697. The van der Waals surface area contributed by atoms with Gasteiger partial charge in [0.15, 0.2) is 5.78 Å². The second-order valence-corrected chi connectivity index (χ2v) is 2.88. The van der Waals surface area contributed by atoms with E-state index < -0.39 is 0 Å². The molecule has 2 nitrogen and oxygen atoms in total. The number of carbonyl (C=O) groups is 1. The highest BCUT2D eigenvalue weighted by Crippen LogP contribution is 2.15. The second-order valence-electron chi connectivity index (χ2n) is 2.88. The molecule has 0 radical (unpaired) electrons. The largest absolute Gasteiger partial charge is 0.325 e. The number of Topliss-reactive ketones (excluding diaryl/α,β-unsaturated/α-hetero) is 1. The van der Waals surface area contributed by atoms with E-state index in [1.54, 1.807) is 36.4 Å². The molecular weight excluding hydrogens is 174 g/mol. The lowest BCUT2D eigenvalue weighted by Crippen LogP contribution is -2.05. The van der Waals surface area contributed by atoms with E-state index in [-0.39, 0.29) is 5.78 Å². The molecular formula is C12H13NO. The van der Waals surface area contributed by atoms with Crippen LogP contribution >= 0.6 is 0 Å². The first kappa shape index (κ1) is 10.3. The van der Waals surface area contributed by atoms with E-state index in [1.807, 2.05) is 12.1 Å². The molecule has 14 heavy (non-hydrogen) atoms. The zero-order valence-corrected chi connectivity index (χ0v) is 8.23. The molecule has 0 heterocycles. The van der Waals surface area contributed by atoms with Crippen LogP contribution in [-0.2, 0) is 0 Å². The number of benzene rings is 1. The summed E-state index contributed by atoms with van der Waals surface area (Å²) in [6.07, 6.45) is 3.32. The molecule has 0 aliphatic heterocycles. The van der Waals surface area contributed by atoms with Crippen molar-refractivity contribution in [2.75, 3.05) is 4.90 Å². The van der Waals surface area contributed by atoms with Crippen molar-refractivity contribution in [1.82, 2.24) is 0 Å². The lowest BCUT2D eigenvalue weighted by Gasteiger charge is -2.14. The SMILES string of the molecule is C=CN(C=C)c1ccc(C(C)=O)cc1. The molecule has 0 unspecified atom stereocenters. The molecule has 0 amide bonds. The fourth-order valence-electron chi connectivity index (χ4n) is 1.15. The summed E-state index contributed by atoms with van der Waals surface area (Å²) < 4.78 is 0. The summed E-state index contributed by atoms with van der Waals surface area (Å²) >= 11 is 0. The molecule has 0 saturated heterocycles. The lowest BCUT2D eigenvalue weighted by molar-refractivity contribution is 0.101. The monoisotopic (exact) mass is 187 g/mol. The molecule has 0 fully saturated rings. The van der Waals surface area contributed by atoms with Gasteiger partial charge in [-0.3, -0.25) is 4.79 Å². The van der Waals surface area contributed by atoms with Gasteiger partial charge in [-0.25, -0.2) is 0 Å². The van der Waals surface area contributed by atoms with E-state index >= 15 is 0 Å². The van der Waals surface area contributed by atoms with Crippen LogP contribution in [0.2, 0.25) is 0 Å². The van der Waals surface area contributed by atoms with Crippen LogP contribution in [0.4, 0.5) is 5.69 Å². The Morgan fingerprint density at radius 2 is 1.71 bits per heavy atom. The van der Waals surface area contributed by atoms with Crippen molar-refractivity contribution in [2.45, 2.75) is 6.92 Å². The Hall–Kier alpha value is -1.83. The molecule has 0 aromatic heterocycles. The maximum atomic E-state index is 11.0. The third-order valence-electron chi connectivity index (χ3n) is 1.97. The van der Waals surface area contributed by atoms with Crippen molar-refractivity contribution >= 4 is 11.5 Å². The third kappa shape index (κ3) is 2.10. The van der Waals surface area contributed by atoms with Crippen LogP contribution in [0.3, 0.4) is 0 Å². The topological polar surface area (TPSA) is 20.3 Å². The van der Waals surface area contributed by atoms with Crippen LogP contribution in [0.25, 0.3) is 0 Å². The van der Waals surface area contributed by atoms with Gasteiger partial charge in [0.1, 0.15) is 0 Å². The Balaban J connectivity index is 2.98. The number of hydrogen-bond donors (Lipinski definition) is 0. The summed E-state index contributed by atoms with van der Waals surface area (Å²) in [5.41, 5.74) is 1.65. The molecule has 0 N–H and O–H groups in total. The molecule has 1 aromatic carbocycles. The maximum absolute atomic E-state index is 11.0. The van der Waals surface area contributed by atoms with E-state index in [2.05, 4.69) is 13.2 Å². The lowest BCUT2D eigenvalue weighted by atomic mass is 10.1. The minimum Gasteiger partial charge on any atom is -0.325 e. The molecule has 1 aromatic rings. The highest BCUT2D eigenvalue weighted by molar-refractivity contribution is 5.94. The predicted octanol–water partition coefficient (Wildman–Crippen LogP) is 2.98. The Bertz CT molecular complexity index is 343. The van der Waals surface area contributed by atoms with Crippen LogP contribution < -0.4 is 4.90 Å². The van der Waals surface area contributed by atoms with Gasteiger partial charge in [0.25, 0.3) is 0 Å². The average molecular weight is 187 g/mol. The molecule has 1 rings (SSSR count). The molecule has 2 heteroatoms. The number of rotatable bonds is 4. The van der Waals surface area contributed by atoms with Crippen molar-refractivity contribution in [3.63, 3.8) is 0 Å². The number of anilines is 1. The van der Waals surface area contributed by atoms with Gasteiger partial charge in [-0.1, -0.05) is 13.2 Å². The van der Waals surface area contributed by atoms with Crippen LogP contribution in [0.15, 0.2) is 49.8 Å². The summed E-state index contributed by atoms with van der Waals surface area (Å²) in [5, 5.41) is 0. The second kappa shape index (κ2) is 4.42. The molecule has 72 valence electrons. The quantitative estimate of drug-likeness (QED) is 0.675. The average Bonchev–Trinajstić information content (AvgIpc) is 2.20. The Morgan fingerprint density at radius 1 is 1.21 bits per heavy atom. The van der Waals surface area contributed by atoms with E-state index in [4.69, 9.17) is 0 Å². The number of ketones is 1. The summed E-state index contributed by atoms with van der Waals surface area (Å²) in [6.45, 7) is 8.86. The van der Waals surface area contributed by atoms with Crippen LogP contribution in [-0.4, -0.2) is 5.78 Å². The Kier molecular flexibility index (Phi) is 3.24. The van der Waals surface area contributed by atoms with Crippen molar-refractivity contribution < 1.29 is 4.79 Å². The fraction of sp³-hybridized carbons (Fsp3) is 0.0833. The molecule has 0 atom stereocenters. The normalized spacial score (nSPS) is 9.21. The third-order valence-corrected chi connectivity index (χ3v) is 1.97. The molecule has 0 bridgehead atoms. The van der Waals surface area contributed by atoms with Gasteiger partial charge in [0.2, 0.25) is 0 Å².